The Labute approximate surface area is 109 Å². The van der Waals surface area contributed by atoms with Gasteiger partial charge in [-0.05, 0) is 62.8 Å². The van der Waals surface area contributed by atoms with Crippen molar-refractivity contribution in [2.24, 2.45) is 0 Å². The van der Waals surface area contributed by atoms with Crippen molar-refractivity contribution in [3.8, 4) is 0 Å². The third-order valence-electron chi connectivity index (χ3n) is 4.33. The van der Waals surface area contributed by atoms with Crippen LogP contribution in [0.2, 0.25) is 0 Å². The molecule has 1 aliphatic carbocycles. The lowest BCUT2D eigenvalue weighted by Gasteiger charge is -2.23. The Bertz CT molecular complexity index is 580. The molecule has 0 amide bonds. The van der Waals surface area contributed by atoms with Crippen LogP contribution in [0, 0.1) is 13.8 Å². The van der Waals surface area contributed by atoms with Crippen LogP contribution in [0.15, 0.2) is 12.1 Å². The molecule has 2 aromatic rings. The minimum atomic E-state index is 0.674. The maximum Gasteiger partial charge on any atom is 0.0491 e. The minimum Gasteiger partial charge on any atom is -0.358 e. The van der Waals surface area contributed by atoms with Gasteiger partial charge in [-0.25, -0.2) is 0 Å². The van der Waals surface area contributed by atoms with E-state index in [1.54, 1.807) is 5.56 Å². The number of likely N-dealkylation sites (N-methyl/N-ethyl adjacent to an activating group) is 1. The lowest BCUT2D eigenvalue weighted by atomic mass is 9.84. The SMILES string of the molecule is CNCC1CCCc2[nH]c3c(C)ccc(C)c3c21. The van der Waals surface area contributed by atoms with E-state index in [2.05, 4.69) is 43.3 Å². The van der Waals surface area contributed by atoms with Crippen LogP contribution < -0.4 is 5.32 Å². The highest BCUT2D eigenvalue weighted by Gasteiger charge is 2.25. The maximum atomic E-state index is 3.69. The van der Waals surface area contributed by atoms with Crippen molar-refractivity contribution in [1.82, 2.24) is 10.3 Å². The fraction of sp³-hybridized carbons (Fsp3) is 0.500. The van der Waals surface area contributed by atoms with E-state index in [1.807, 2.05) is 0 Å². The lowest BCUT2D eigenvalue weighted by molar-refractivity contribution is 0.529. The largest absolute Gasteiger partial charge is 0.358 e. The quantitative estimate of drug-likeness (QED) is 0.829. The van der Waals surface area contributed by atoms with E-state index in [4.69, 9.17) is 0 Å². The summed E-state index contributed by atoms with van der Waals surface area (Å²) >= 11 is 0. The summed E-state index contributed by atoms with van der Waals surface area (Å²) in [5, 5.41) is 4.84. The molecular weight excluding hydrogens is 220 g/mol. The molecular formula is C16H22N2. The number of fused-ring (bicyclic) bond motifs is 3. The van der Waals surface area contributed by atoms with Crippen LogP contribution in [0.1, 0.15) is 41.1 Å². The Hall–Kier alpha value is -1.28. The predicted octanol–water partition coefficient (Wildman–Crippen LogP) is 3.42. The van der Waals surface area contributed by atoms with Crippen LogP contribution in [-0.2, 0) is 6.42 Å². The van der Waals surface area contributed by atoms with Crippen molar-refractivity contribution in [3.63, 3.8) is 0 Å². The molecule has 1 aromatic heterocycles. The average Bonchev–Trinajstić information content (AvgIpc) is 2.76. The molecule has 0 spiro atoms. The van der Waals surface area contributed by atoms with Crippen molar-refractivity contribution < 1.29 is 0 Å². The van der Waals surface area contributed by atoms with Crippen molar-refractivity contribution in [2.45, 2.75) is 39.0 Å². The van der Waals surface area contributed by atoms with Crippen LogP contribution >= 0.6 is 0 Å². The highest BCUT2D eigenvalue weighted by atomic mass is 14.8. The number of rotatable bonds is 2. The summed E-state index contributed by atoms with van der Waals surface area (Å²) in [5.74, 6) is 0.674. The van der Waals surface area contributed by atoms with E-state index in [1.165, 1.54) is 47.0 Å². The van der Waals surface area contributed by atoms with Crippen LogP contribution in [0.25, 0.3) is 10.9 Å². The predicted molar refractivity (Wildman–Crippen MR) is 77.4 cm³/mol. The fourth-order valence-corrected chi connectivity index (χ4v) is 3.46. The highest BCUT2D eigenvalue weighted by molar-refractivity contribution is 5.91. The normalized spacial score (nSPS) is 19.2. The van der Waals surface area contributed by atoms with Gasteiger partial charge in [0.25, 0.3) is 0 Å². The van der Waals surface area contributed by atoms with Gasteiger partial charge >= 0.3 is 0 Å². The number of hydrogen-bond acceptors (Lipinski definition) is 1. The molecule has 1 unspecified atom stereocenters. The molecule has 1 atom stereocenters. The summed E-state index contributed by atoms with van der Waals surface area (Å²) in [6.07, 6.45) is 3.83. The van der Waals surface area contributed by atoms with Crippen LogP contribution in [-0.4, -0.2) is 18.6 Å². The summed E-state index contributed by atoms with van der Waals surface area (Å²) in [5.41, 5.74) is 7.22. The third kappa shape index (κ3) is 1.67. The molecule has 2 N–H and O–H groups in total. The first kappa shape index (κ1) is 11.8. The minimum absolute atomic E-state index is 0.674. The zero-order valence-corrected chi connectivity index (χ0v) is 11.6. The number of nitrogens with one attached hydrogen (secondary N) is 2. The van der Waals surface area contributed by atoms with Crippen LogP contribution in [0.5, 0.6) is 0 Å². The van der Waals surface area contributed by atoms with E-state index in [0.717, 1.165) is 6.54 Å². The standard InChI is InChI=1S/C16H22N2/c1-10-7-8-11(2)16-14(10)15-12(9-17-3)5-4-6-13(15)18-16/h7-8,12,17-18H,4-6,9H2,1-3H3. The highest BCUT2D eigenvalue weighted by Crippen LogP contribution is 2.39. The molecule has 2 nitrogen and oxygen atoms in total. The summed E-state index contributed by atoms with van der Waals surface area (Å²) in [7, 11) is 2.06. The van der Waals surface area contributed by atoms with Crippen LogP contribution in [0.3, 0.4) is 0 Å². The molecule has 1 aliphatic rings. The Morgan fingerprint density at radius 2 is 2.06 bits per heavy atom. The molecule has 1 aromatic carbocycles. The first-order valence-electron chi connectivity index (χ1n) is 6.97. The number of benzene rings is 1. The van der Waals surface area contributed by atoms with E-state index >= 15 is 0 Å². The monoisotopic (exact) mass is 242 g/mol. The fourth-order valence-electron chi connectivity index (χ4n) is 3.46. The Balaban J connectivity index is 2.27. The third-order valence-corrected chi connectivity index (χ3v) is 4.33. The number of aromatic nitrogens is 1. The molecule has 0 radical (unpaired) electrons. The Kier molecular flexibility index (Phi) is 2.90. The summed E-state index contributed by atoms with van der Waals surface area (Å²) < 4.78 is 0. The molecule has 0 fully saturated rings. The van der Waals surface area contributed by atoms with E-state index in [-0.39, 0.29) is 0 Å². The second-order valence-electron chi connectivity index (χ2n) is 5.61. The van der Waals surface area contributed by atoms with Gasteiger partial charge in [-0.3, -0.25) is 0 Å². The summed E-state index contributed by atoms with van der Waals surface area (Å²) in [6, 6.07) is 4.49. The van der Waals surface area contributed by atoms with E-state index < -0.39 is 0 Å². The second kappa shape index (κ2) is 4.43. The van der Waals surface area contributed by atoms with Gasteiger partial charge in [0, 0.05) is 23.1 Å². The molecule has 96 valence electrons. The van der Waals surface area contributed by atoms with E-state index in [0.29, 0.717) is 5.92 Å². The molecule has 2 heteroatoms. The topological polar surface area (TPSA) is 27.8 Å². The van der Waals surface area contributed by atoms with Gasteiger partial charge in [-0.1, -0.05) is 12.1 Å². The summed E-state index contributed by atoms with van der Waals surface area (Å²) in [4.78, 5) is 3.69. The number of aromatic amines is 1. The average molecular weight is 242 g/mol. The molecule has 0 saturated carbocycles. The number of H-pyrrole nitrogens is 1. The number of hydrogen-bond donors (Lipinski definition) is 2. The maximum absolute atomic E-state index is 3.69. The zero-order valence-electron chi connectivity index (χ0n) is 11.6. The van der Waals surface area contributed by atoms with Gasteiger partial charge in [-0.15, -0.1) is 0 Å². The van der Waals surface area contributed by atoms with E-state index in [9.17, 15) is 0 Å². The van der Waals surface area contributed by atoms with Gasteiger partial charge in [-0.2, -0.15) is 0 Å². The molecule has 18 heavy (non-hydrogen) atoms. The molecule has 3 rings (SSSR count). The van der Waals surface area contributed by atoms with Gasteiger partial charge in [0.1, 0.15) is 0 Å². The Morgan fingerprint density at radius 1 is 1.28 bits per heavy atom. The van der Waals surface area contributed by atoms with Gasteiger partial charge in [0.05, 0.1) is 0 Å². The first-order chi connectivity index (χ1) is 8.72. The molecule has 0 aliphatic heterocycles. The molecule has 1 heterocycles. The van der Waals surface area contributed by atoms with Gasteiger partial charge in [0.2, 0.25) is 0 Å². The van der Waals surface area contributed by atoms with Crippen LogP contribution in [0.4, 0.5) is 0 Å². The first-order valence-corrected chi connectivity index (χ1v) is 6.97. The summed E-state index contributed by atoms with van der Waals surface area (Å²) in [6.45, 7) is 5.53. The zero-order chi connectivity index (χ0) is 12.7. The smallest absolute Gasteiger partial charge is 0.0491 e. The molecule has 0 bridgehead atoms. The van der Waals surface area contributed by atoms with Crippen molar-refractivity contribution in [1.29, 1.82) is 0 Å². The molecule has 0 saturated heterocycles. The van der Waals surface area contributed by atoms with Gasteiger partial charge < -0.3 is 10.3 Å². The Morgan fingerprint density at radius 3 is 2.83 bits per heavy atom. The second-order valence-corrected chi connectivity index (χ2v) is 5.61. The number of aryl methyl sites for hydroxylation is 3. The van der Waals surface area contributed by atoms with Gasteiger partial charge in [0.15, 0.2) is 0 Å². The lowest BCUT2D eigenvalue weighted by Crippen LogP contribution is -2.20. The van der Waals surface area contributed by atoms with Crippen molar-refractivity contribution in [3.05, 3.63) is 34.5 Å². The van der Waals surface area contributed by atoms with Crippen molar-refractivity contribution >= 4 is 10.9 Å². The van der Waals surface area contributed by atoms with Crippen molar-refractivity contribution in [2.75, 3.05) is 13.6 Å².